The van der Waals surface area contributed by atoms with Gasteiger partial charge in [0, 0.05) is 11.4 Å². The monoisotopic (exact) mass is 488 g/mol. The number of aryl methyl sites for hydroxylation is 1. The molecule has 2 unspecified atom stereocenters. The molecule has 2 heterocycles. The van der Waals surface area contributed by atoms with E-state index in [1.165, 1.54) is 19.4 Å². The second kappa shape index (κ2) is 10.5. The van der Waals surface area contributed by atoms with Crippen LogP contribution >= 0.6 is 0 Å². The highest BCUT2D eigenvalue weighted by molar-refractivity contribution is 5.83. The minimum Gasteiger partial charge on any atom is -0.497 e. The Balaban J connectivity index is 1.46. The van der Waals surface area contributed by atoms with Crippen LogP contribution in [-0.2, 0) is 11.2 Å². The number of nitrogens with zero attached hydrogens (tertiary/aromatic N) is 1. The van der Waals surface area contributed by atoms with Gasteiger partial charge in [-0.25, -0.2) is 13.2 Å². The zero-order valence-electron chi connectivity index (χ0n) is 19.3. The van der Waals surface area contributed by atoms with Gasteiger partial charge in [0.05, 0.1) is 30.8 Å². The van der Waals surface area contributed by atoms with Crippen molar-refractivity contribution in [3.05, 3.63) is 65.6 Å². The Morgan fingerprint density at radius 3 is 2.69 bits per heavy atom. The Morgan fingerprint density at radius 1 is 1.20 bits per heavy atom. The average Bonchev–Trinajstić information content (AvgIpc) is 3.26. The summed E-state index contributed by atoms with van der Waals surface area (Å²) in [7, 11) is 1.53. The first-order chi connectivity index (χ1) is 16.9. The lowest BCUT2D eigenvalue weighted by atomic mass is 9.74. The molecule has 2 aromatic carbocycles. The first-order valence-corrected chi connectivity index (χ1v) is 11.5. The van der Waals surface area contributed by atoms with E-state index in [4.69, 9.17) is 9.47 Å². The molecule has 9 heteroatoms. The summed E-state index contributed by atoms with van der Waals surface area (Å²) < 4.78 is 52.9. The number of fused-ring (bicyclic) bond motifs is 1. The fraction of sp³-hybridized carbons (Fsp3) is 0.385. The van der Waals surface area contributed by atoms with Gasteiger partial charge in [-0.15, -0.1) is 0 Å². The maximum absolute atomic E-state index is 14.7. The molecule has 0 saturated carbocycles. The highest BCUT2D eigenvalue weighted by Crippen LogP contribution is 2.39. The smallest absolute Gasteiger partial charge is 0.311 e. The predicted molar refractivity (Wildman–Crippen MR) is 124 cm³/mol. The molecule has 2 N–H and O–H groups in total. The molecule has 0 radical (unpaired) electrons. The Bertz CT molecular complexity index is 1200. The molecule has 1 saturated heterocycles. The molecule has 6 nitrogen and oxygen atoms in total. The van der Waals surface area contributed by atoms with Crippen LogP contribution in [0.2, 0.25) is 0 Å². The van der Waals surface area contributed by atoms with Crippen LogP contribution < -0.4 is 14.8 Å². The van der Waals surface area contributed by atoms with E-state index >= 15 is 0 Å². The topological polar surface area (TPSA) is 80.7 Å². The van der Waals surface area contributed by atoms with Crippen LogP contribution in [0.15, 0.2) is 42.6 Å². The first-order valence-electron chi connectivity index (χ1n) is 11.5. The molecule has 0 aliphatic carbocycles. The molecule has 1 aliphatic rings. The number of para-hydroxylation sites is 1. The minimum atomic E-state index is -1.09. The molecule has 1 aromatic heterocycles. The summed E-state index contributed by atoms with van der Waals surface area (Å²) in [5, 5.41) is 14.0. The number of ether oxygens (including phenoxy) is 2. The number of benzene rings is 2. The largest absolute Gasteiger partial charge is 0.497 e. The van der Waals surface area contributed by atoms with Crippen molar-refractivity contribution in [1.82, 2.24) is 10.3 Å². The third kappa shape index (κ3) is 5.05. The van der Waals surface area contributed by atoms with Gasteiger partial charge in [-0.1, -0.05) is 6.07 Å². The lowest BCUT2D eigenvalue weighted by molar-refractivity contribution is -0.150. The van der Waals surface area contributed by atoms with Crippen molar-refractivity contribution in [2.24, 2.45) is 5.41 Å². The number of hydrogen-bond donors (Lipinski definition) is 2. The number of rotatable bonds is 10. The van der Waals surface area contributed by atoms with Gasteiger partial charge >= 0.3 is 5.97 Å². The Labute approximate surface area is 201 Å². The van der Waals surface area contributed by atoms with E-state index in [1.54, 1.807) is 18.2 Å². The standard InChI is InChI=1S/C26H27F3N2O4/c1-34-16-7-8-22-18(14-16)17(21(29)15-31-22)4-3-10-26(25(32)33)11-12-30-23(26)9-13-35-24-19(27)5-2-6-20(24)28/h2,5-8,14-15,23,30H,3-4,9-13H2,1H3,(H,32,33). The highest BCUT2D eigenvalue weighted by atomic mass is 19.1. The van der Waals surface area contributed by atoms with Gasteiger partial charge in [-0.05, 0) is 74.5 Å². The number of halogens is 3. The Morgan fingerprint density at radius 2 is 1.97 bits per heavy atom. The third-order valence-corrected chi connectivity index (χ3v) is 6.81. The maximum atomic E-state index is 14.7. The molecule has 4 rings (SSSR count). The first kappa shape index (κ1) is 24.8. The molecule has 1 fully saturated rings. The molecule has 2 atom stereocenters. The van der Waals surface area contributed by atoms with Crippen LogP contribution in [0, 0.1) is 22.9 Å². The third-order valence-electron chi connectivity index (χ3n) is 6.81. The number of hydrogen-bond acceptors (Lipinski definition) is 5. The van der Waals surface area contributed by atoms with Gasteiger partial charge in [-0.3, -0.25) is 9.78 Å². The molecular formula is C26H27F3N2O4. The molecule has 0 bridgehead atoms. The van der Waals surface area contributed by atoms with E-state index in [0.29, 0.717) is 54.4 Å². The summed E-state index contributed by atoms with van der Waals surface area (Å²) >= 11 is 0. The summed E-state index contributed by atoms with van der Waals surface area (Å²) in [5.41, 5.74) is 0.0112. The minimum absolute atomic E-state index is 0.0477. The normalized spacial score (nSPS) is 19.7. The molecule has 3 aromatic rings. The molecule has 1 aliphatic heterocycles. The number of carboxylic acid groups (broad SMARTS) is 1. The van der Waals surface area contributed by atoms with Crippen LogP contribution in [0.3, 0.4) is 0 Å². The molecule has 186 valence electrons. The second-order valence-corrected chi connectivity index (χ2v) is 8.73. The molecule has 0 spiro atoms. The lowest BCUT2D eigenvalue weighted by Crippen LogP contribution is -2.44. The lowest BCUT2D eigenvalue weighted by Gasteiger charge is -2.31. The molecule has 0 amide bonds. The number of aromatic nitrogens is 1. The van der Waals surface area contributed by atoms with Crippen molar-refractivity contribution >= 4 is 16.9 Å². The summed E-state index contributed by atoms with van der Waals surface area (Å²) in [6.45, 7) is 0.447. The van der Waals surface area contributed by atoms with Crippen LogP contribution in [0.4, 0.5) is 13.2 Å². The van der Waals surface area contributed by atoms with Gasteiger partial charge in [-0.2, -0.15) is 0 Å². The van der Waals surface area contributed by atoms with E-state index in [-0.39, 0.29) is 13.0 Å². The number of carboxylic acids is 1. The summed E-state index contributed by atoms with van der Waals surface area (Å²) in [5.74, 6) is -2.90. The average molecular weight is 489 g/mol. The fourth-order valence-electron chi connectivity index (χ4n) is 4.94. The van der Waals surface area contributed by atoms with Crippen molar-refractivity contribution in [2.75, 3.05) is 20.3 Å². The fourth-order valence-corrected chi connectivity index (χ4v) is 4.94. The van der Waals surface area contributed by atoms with Crippen molar-refractivity contribution < 1.29 is 32.5 Å². The van der Waals surface area contributed by atoms with Gasteiger partial charge in [0.25, 0.3) is 0 Å². The number of pyridine rings is 1. The van der Waals surface area contributed by atoms with Crippen LogP contribution in [-0.4, -0.2) is 42.4 Å². The zero-order chi connectivity index (χ0) is 25.0. The predicted octanol–water partition coefficient (Wildman–Crippen LogP) is 4.89. The number of nitrogens with one attached hydrogen (secondary N) is 1. The van der Waals surface area contributed by atoms with Crippen molar-refractivity contribution in [2.45, 2.75) is 38.1 Å². The maximum Gasteiger partial charge on any atom is 0.311 e. The SMILES string of the molecule is COc1ccc2ncc(F)c(CCCC3(C(=O)O)CCNC3CCOc3c(F)cccc3F)c2c1. The van der Waals surface area contributed by atoms with Crippen LogP contribution in [0.1, 0.15) is 31.2 Å². The van der Waals surface area contributed by atoms with E-state index in [9.17, 15) is 23.1 Å². The summed E-state index contributed by atoms with van der Waals surface area (Å²) in [6.07, 6.45) is 2.90. The van der Waals surface area contributed by atoms with Gasteiger partial charge < -0.3 is 19.9 Å². The van der Waals surface area contributed by atoms with Crippen molar-refractivity contribution in [3.63, 3.8) is 0 Å². The van der Waals surface area contributed by atoms with Crippen LogP contribution in [0.25, 0.3) is 10.9 Å². The Kier molecular flexibility index (Phi) is 7.45. The van der Waals surface area contributed by atoms with E-state index in [1.807, 2.05) is 0 Å². The van der Waals surface area contributed by atoms with Gasteiger partial charge in [0.2, 0.25) is 0 Å². The van der Waals surface area contributed by atoms with Crippen molar-refractivity contribution in [1.29, 1.82) is 0 Å². The Hall–Kier alpha value is -3.33. The van der Waals surface area contributed by atoms with E-state index in [2.05, 4.69) is 10.3 Å². The van der Waals surface area contributed by atoms with E-state index < -0.39 is 40.6 Å². The molecule has 35 heavy (non-hydrogen) atoms. The number of carbonyl (C=O) groups is 1. The number of methoxy groups -OCH3 is 1. The summed E-state index contributed by atoms with van der Waals surface area (Å²) in [6, 6.07) is 8.24. The highest BCUT2D eigenvalue weighted by Gasteiger charge is 2.48. The van der Waals surface area contributed by atoms with Crippen LogP contribution in [0.5, 0.6) is 11.5 Å². The van der Waals surface area contributed by atoms with Gasteiger partial charge in [0.1, 0.15) is 11.6 Å². The quantitative estimate of drug-likeness (QED) is 0.423. The molecular weight excluding hydrogens is 461 g/mol. The van der Waals surface area contributed by atoms with Gasteiger partial charge in [0.15, 0.2) is 17.4 Å². The van der Waals surface area contributed by atoms with E-state index in [0.717, 1.165) is 12.1 Å². The van der Waals surface area contributed by atoms with Crippen molar-refractivity contribution in [3.8, 4) is 11.5 Å². The number of aliphatic carboxylic acids is 1. The zero-order valence-corrected chi connectivity index (χ0v) is 19.3. The second-order valence-electron chi connectivity index (χ2n) is 8.73. The summed E-state index contributed by atoms with van der Waals surface area (Å²) in [4.78, 5) is 16.5.